The maximum Gasteiger partial charge on any atom is 0.253 e. The van der Waals surface area contributed by atoms with Gasteiger partial charge in [0, 0.05) is 38.4 Å². The fourth-order valence-corrected chi connectivity index (χ4v) is 5.66. The van der Waals surface area contributed by atoms with Crippen LogP contribution in [0, 0.1) is 0 Å². The number of carbonyl (C=O) groups excluding carboxylic acids is 1. The lowest BCUT2D eigenvalue weighted by Crippen LogP contribution is -2.32. The highest BCUT2D eigenvalue weighted by Gasteiger charge is 2.26. The van der Waals surface area contributed by atoms with E-state index in [4.69, 9.17) is 9.47 Å². The maximum absolute atomic E-state index is 13.3. The molecule has 0 aliphatic carbocycles. The highest BCUT2D eigenvalue weighted by Crippen LogP contribution is 2.30. The molecular formula is C25H35N3O5S. The summed E-state index contributed by atoms with van der Waals surface area (Å²) in [5, 5.41) is 2.95. The summed E-state index contributed by atoms with van der Waals surface area (Å²) in [6.07, 6.45) is 2.10. The molecule has 1 aliphatic heterocycles. The van der Waals surface area contributed by atoms with Crippen LogP contribution in [0.3, 0.4) is 0 Å². The number of sulfonamides is 1. The first-order valence-electron chi connectivity index (χ1n) is 11.8. The predicted molar refractivity (Wildman–Crippen MR) is 133 cm³/mol. The van der Waals surface area contributed by atoms with E-state index in [1.807, 2.05) is 25.1 Å². The van der Waals surface area contributed by atoms with E-state index < -0.39 is 10.0 Å². The summed E-state index contributed by atoms with van der Waals surface area (Å²) < 4.78 is 38.5. The van der Waals surface area contributed by atoms with E-state index in [0.29, 0.717) is 36.8 Å². The molecule has 0 radical (unpaired) electrons. The van der Waals surface area contributed by atoms with Gasteiger partial charge in [-0.2, -0.15) is 4.31 Å². The summed E-state index contributed by atoms with van der Waals surface area (Å²) in [7, 11) is -2.11. The first kappa shape index (κ1) is 25.8. The fourth-order valence-electron chi connectivity index (χ4n) is 4.18. The van der Waals surface area contributed by atoms with E-state index in [-0.39, 0.29) is 17.3 Å². The Morgan fingerprint density at radius 2 is 1.74 bits per heavy atom. The largest absolute Gasteiger partial charge is 0.493 e. The number of benzene rings is 2. The number of hydrogen-bond donors (Lipinski definition) is 1. The average Bonchev–Trinajstić information content (AvgIpc) is 3.38. The van der Waals surface area contributed by atoms with E-state index in [0.717, 1.165) is 37.2 Å². The fraction of sp³-hybridized carbons (Fsp3) is 0.480. The number of anilines is 1. The van der Waals surface area contributed by atoms with Gasteiger partial charge in [0.05, 0.1) is 24.2 Å². The zero-order valence-electron chi connectivity index (χ0n) is 20.5. The molecule has 8 nitrogen and oxygen atoms in total. The summed E-state index contributed by atoms with van der Waals surface area (Å²) >= 11 is 0. The van der Waals surface area contributed by atoms with Gasteiger partial charge >= 0.3 is 0 Å². The summed E-state index contributed by atoms with van der Waals surface area (Å²) in [6.45, 7) is 8.74. The van der Waals surface area contributed by atoms with E-state index in [1.54, 1.807) is 33.1 Å². The minimum absolute atomic E-state index is 0.132. The Kier molecular flexibility index (Phi) is 8.79. The van der Waals surface area contributed by atoms with Crippen molar-refractivity contribution < 1.29 is 22.7 Å². The Hall–Kier alpha value is -2.78. The van der Waals surface area contributed by atoms with Gasteiger partial charge in [0.15, 0.2) is 11.5 Å². The lowest BCUT2D eigenvalue weighted by molar-refractivity contribution is 0.0951. The Balaban J connectivity index is 1.89. The molecule has 1 N–H and O–H groups in total. The van der Waals surface area contributed by atoms with Crippen LogP contribution in [-0.4, -0.2) is 58.5 Å². The zero-order valence-corrected chi connectivity index (χ0v) is 21.3. The topological polar surface area (TPSA) is 88.2 Å². The molecule has 0 unspecified atom stereocenters. The van der Waals surface area contributed by atoms with Crippen molar-refractivity contribution in [2.75, 3.05) is 44.8 Å². The van der Waals surface area contributed by atoms with Gasteiger partial charge in [0.25, 0.3) is 5.91 Å². The van der Waals surface area contributed by atoms with E-state index in [1.165, 1.54) is 10.4 Å². The normalized spacial score (nSPS) is 13.9. The lowest BCUT2D eigenvalue weighted by atomic mass is 10.1. The molecule has 0 saturated carbocycles. The molecule has 1 aliphatic rings. The van der Waals surface area contributed by atoms with Crippen LogP contribution in [0.2, 0.25) is 0 Å². The summed E-state index contributed by atoms with van der Waals surface area (Å²) in [6, 6.07) is 10.4. The first-order valence-corrected chi connectivity index (χ1v) is 13.3. The molecule has 186 valence electrons. The van der Waals surface area contributed by atoms with Crippen molar-refractivity contribution in [1.82, 2.24) is 9.62 Å². The number of nitrogens with one attached hydrogen (secondary N) is 1. The van der Waals surface area contributed by atoms with Crippen LogP contribution in [0.4, 0.5) is 5.69 Å². The number of amides is 1. The summed E-state index contributed by atoms with van der Waals surface area (Å²) in [5.41, 5.74) is 1.98. The average molecular weight is 490 g/mol. The third-order valence-corrected chi connectivity index (χ3v) is 8.03. The molecule has 0 bridgehead atoms. The van der Waals surface area contributed by atoms with Crippen molar-refractivity contribution in [2.45, 2.75) is 45.1 Å². The smallest absolute Gasteiger partial charge is 0.253 e. The second-order valence-electron chi connectivity index (χ2n) is 8.06. The third kappa shape index (κ3) is 5.64. The van der Waals surface area contributed by atoms with Crippen LogP contribution in [0.1, 0.15) is 49.5 Å². The van der Waals surface area contributed by atoms with Crippen LogP contribution in [0.15, 0.2) is 41.3 Å². The van der Waals surface area contributed by atoms with Crippen LogP contribution in [0.25, 0.3) is 0 Å². The SMILES string of the molecule is CCOc1ccc(CNC(=O)c2cc(S(=O)(=O)N(CC)CC)ccc2N2CCCC2)cc1OC. The van der Waals surface area contributed by atoms with Gasteiger partial charge in [-0.25, -0.2) is 8.42 Å². The molecule has 0 spiro atoms. The standard InChI is InChI=1S/C25H35N3O5S/c1-5-28(6-2)34(30,31)20-11-12-22(27-14-8-9-15-27)21(17-20)25(29)26-18-19-10-13-23(33-7-3)24(16-19)32-4/h10-13,16-17H,5-9,14-15,18H2,1-4H3,(H,26,29). The molecule has 1 fully saturated rings. The van der Waals surface area contributed by atoms with Crippen molar-refractivity contribution >= 4 is 21.6 Å². The van der Waals surface area contributed by atoms with E-state index in [2.05, 4.69) is 10.2 Å². The Bertz CT molecular complexity index is 1090. The number of nitrogens with zero attached hydrogens (tertiary/aromatic N) is 2. The maximum atomic E-state index is 13.3. The highest BCUT2D eigenvalue weighted by molar-refractivity contribution is 7.89. The number of rotatable bonds is 11. The van der Waals surface area contributed by atoms with Crippen LogP contribution in [-0.2, 0) is 16.6 Å². The van der Waals surface area contributed by atoms with Crippen molar-refractivity contribution in [3.63, 3.8) is 0 Å². The first-order chi connectivity index (χ1) is 16.3. The summed E-state index contributed by atoms with van der Waals surface area (Å²) in [4.78, 5) is 15.6. The molecule has 2 aromatic carbocycles. The quantitative estimate of drug-likeness (QED) is 0.518. The molecule has 2 aromatic rings. The van der Waals surface area contributed by atoms with Crippen LogP contribution < -0.4 is 19.7 Å². The molecular weight excluding hydrogens is 454 g/mol. The van der Waals surface area contributed by atoms with Crippen molar-refractivity contribution in [2.24, 2.45) is 0 Å². The van der Waals surface area contributed by atoms with Gasteiger partial charge < -0.3 is 19.7 Å². The second kappa shape index (κ2) is 11.6. The minimum atomic E-state index is -3.68. The number of hydrogen-bond acceptors (Lipinski definition) is 6. The van der Waals surface area contributed by atoms with Gasteiger partial charge in [-0.05, 0) is 55.7 Å². The van der Waals surface area contributed by atoms with Crippen molar-refractivity contribution in [3.8, 4) is 11.5 Å². The Morgan fingerprint density at radius 1 is 1.03 bits per heavy atom. The molecule has 1 heterocycles. The molecule has 1 saturated heterocycles. The van der Waals surface area contributed by atoms with E-state index >= 15 is 0 Å². The minimum Gasteiger partial charge on any atom is -0.493 e. The van der Waals surface area contributed by atoms with Crippen molar-refractivity contribution in [3.05, 3.63) is 47.5 Å². The van der Waals surface area contributed by atoms with E-state index in [9.17, 15) is 13.2 Å². The Morgan fingerprint density at radius 3 is 2.35 bits per heavy atom. The second-order valence-corrected chi connectivity index (χ2v) is 10.0. The van der Waals surface area contributed by atoms with Crippen LogP contribution >= 0.6 is 0 Å². The van der Waals surface area contributed by atoms with Gasteiger partial charge in [-0.3, -0.25) is 4.79 Å². The number of methoxy groups -OCH3 is 1. The molecule has 1 amide bonds. The van der Waals surface area contributed by atoms with Gasteiger partial charge in [-0.15, -0.1) is 0 Å². The van der Waals surface area contributed by atoms with Gasteiger partial charge in [-0.1, -0.05) is 19.9 Å². The lowest BCUT2D eigenvalue weighted by Gasteiger charge is -2.23. The number of carbonyl (C=O) groups is 1. The molecule has 0 aromatic heterocycles. The number of ether oxygens (including phenoxy) is 2. The zero-order chi connectivity index (χ0) is 24.7. The summed E-state index contributed by atoms with van der Waals surface area (Å²) in [5.74, 6) is 0.927. The molecule has 34 heavy (non-hydrogen) atoms. The predicted octanol–water partition coefficient (Wildman–Crippen LogP) is 3.65. The monoisotopic (exact) mass is 489 g/mol. The van der Waals surface area contributed by atoms with Gasteiger partial charge in [0.2, 0.25) is 10.0 Å². The van der Waals surface area contributed by atoms with Crippen molar-refractivity contribution in [1.29, 1.82) is 0 Å². The Labute approximate surface area is 202 Å². The molecule has 9 heteroatoms. The highest BCUT2D eigenvalue weighted by atomic mass is 32.2. The van der Waals surface area contributed by atoms with Gasteiger partial charge in [0.1, 0.15) is 0 Å². The van der Waals surface area contributed by atoms with Crippen LogP contribution in [0.5, 0.6) is 11.5 Å². The third-order valence-electron chi connectivity index (χ3n) is 5.98. The molecule has 0 atom stereocenters. The molecule has 3 rings (SSSR count).